The lowest BCUT2D eigenvalue weighted by molar-refractivity contribution is -0.143. The normalized spacial score (nSPS) is 17.7. The van der Waals surface area contributed by atoms with Crippen LogP contribution in [0, 0.1) is 12.7 Å². The number of hydrogen-bond acceptors (Lipinski definition) is 5. The SMILES string of the molecule is CC(=O)N1CCN2CCN(c3cc(-c4ccc(F)cc4C)c(N(C)C(=O)C(C)(C)c4cc(C(F)(F)F)cc(C(F)(F)F)c4)cn3)C[C@@H]2C1. The zero-order valence-electron chi connectivity index (χ0n) is 27.1. The van der Waals surface area contributed by atoms with Crippen LogP contribution in [-0.2, 0) is 27.4 Å². The highest BCUT2D eigenvalue weighted by Gasteiger charge is 2.41. The summed E-state index contributed by atoms with van der Waals surface area (Å²) in [6.45, 7) is 9.65. The van der Waals surface area contributed by atoms with Gasteiger partial charge in [-0.1, -0.05) is 6.07 Å². The van der Waals surface area contributed by atoms with E-state index in [0.717, 1.165) is 18.0 Å². The van der Waals surface area contributed by atoms with Crippen molar-refractivity contribution in [2.45, 2.75) is 51.5 Å². The molecule has 2 aliphatic rings. The number of aryl methyl sites for hydroxylation is 1. The highest BCUT2D eigenvalue weighted by Crippen LogP contribution is 2.41. The molecule has 0 bridgehead atoms. The molecule has 1 aromatic heterocycles. The molecule has 0 aliphatic carbocycles. The van der Waals surface area contributed by atoms with Crippen LogP contribution in [0.4, 0.5) is 42.2 Å². The number of rotatable bonds is 5. The third-order valence-corrected chi connectivity index (χ3v) is 9.32. The number of piperazine rings is 2. The van der Waals surface area contributed by atoms with Crippen molar-refractivity contribution in [3.8, 4) is 11.1 Å². The van der Waals surface area contributed by atoms with Crippen molar-refractivity contribution in [2.75, 3.05) is 56.1 Å². The van der Waals surface area contributed by atoms with Gasteiger partial charge in [0.15, 0.2) is 0 Å². The topological polar surface area (TPSA) is 60.0 Å². The first kappa shape index (κ1) is 35.1. The van der Waals surface area contributed by atoms with E-state index < -0.39 is 46.2 Å². The minimum atomic E-state index is -5.08. The second-order valence-electron chi connectivity index (χ2n) is 12.9. The van der Waals surface area contributed by atoms with Gasteiger partial charge in [-0.3, -0.25) is 14.5 Å². The van der Waals surface area contributed by atoms with Crippen LogP contribution >= 0.6 is 0 Å². The van der Waals surface area contributed by atoms with E-state index in [1.165, 1.54) is 46.1 Å². The lowest BCUT2D eigenvalue weighted by Crippen LogP contribution is -2.62. The molecule has 0 radical (unpaired) electrons. The highest BCUT2D eigenvalue weighted by molar-refractivity contribution is 6.03. The van der Waals surface area contributed by atoms with Gasteiger partial charge < -0.3 is 14.7 Å². The summed E-state index contributed by atoms with van der Waals surface area (Å²) in [6, 6.07) is 7.09. The summed E-state index contributed by atoms with van der Waals surface area (Å²) in [4.78, 5) is 38.1. The minimum Gasteiger partial charge on any atom is -0.354 e. The number of carbonyl (C=O) groups is 2. The Labute approximate surface area is 273 Å². The van der Waals surface area contributed by atoms with Crippen LogP contribution in [0.1, 0.15) is 43.0 Å². The van der Waals surface area contributed by atoms with Gasteiger partial charge in [-0.25, -0.2) is 9.37 Å². The summed E-state index contributed by atoms with van der Waals surface area (Å²) in [6.07, 6.45) is -8.73. The Morgan fingerprint density at radius 3 is 2.02 bits per heavy atom. The van der Waals surface area contributed by atoms with Crippen molar-refractivity contribution in [1.82, 2.24) is 14.8 Å². The summed E-state index contributed by atoms with van der Waals surface area (Å²) in [5.74, 6) is -0.708. The van der Waals surface area contributed by atoms with Crippen LogP contribution in [0.2, 0.25) is 0 Å². The smallest absolute Gasteiger partial charge is 0.354 e. The first-order valence-electron chi connectivity index (χ1n) is 15.4. The molecular formula is C34H36F7N5O2. The van der Waals surface area contributed by atoms with Crippen molar-refractivity contribution in [1.29, 1.82) is 0 Å². The maximum Gasteiger partial charge on any atom is 0.416 e. The molecule has 0 spiro atoms. The van der Waals surface area contributed by atoms with Gasteiger partial charge in [0.1, 0.15) is 11.6 Å². The van der Waals surface area contributed by atoms with Gasteiger partial charge in [0, 0.05) is 64.8 Å². The Kier molecular flexibility index (Phi) is 9.28. The molecule has 0 saturated carbocycles. The number of halogens is 7. The van der Waals surface area contributed by atoms with Crippen molar-refractivity contribution in [2.24, 2.45) is 0 Å². The van der Waals surface area contributed by atoms with Crippen molar-refractivity contribution >= 4 is 23.3 Å². The van der Waals surface area contributed by atoms with Crippen LogP contribution < -0.4 is 9.80 Å². The van der Waals surface area contributed by atoms with E-state index in [0.29, 0.717) is 60.8 Å². The highest BCUT2D eigenvalue weighted by atomic mass is 19.4. The van der Waals surface area contributed by atoms with Crippen LogP contribution in [0.5, 0.6) is 0 Å². The average molecular weight is 680 g/mol. The van der Waals surface area contributed by atoms with E-state index in [2.05, 4.69) is 14.8 Å². The summed E-state index contributed by atoms with van der Waals surface area (Å²) in [7, 11) is 1.37. The second-order valence-corrected chi connectivity index (χ2v) is 12.9. The summed E-state index contributed by atoms with van der Waals surface area (Å²) < 4.78 is 96.2. The molecule has 5 rings (SSSR count). The molecule has 3 aromatic rings. The largest absolute Gasteiger partial charge is 0.416 e. The molecule has 1 atom stereocenters. The van der Waals surface area contributed by atoms with Crippen molar-refractivity contribution in [3.63, 3.8) is 0 Å². The third-order valence-electron chi connectivity index (χ3n) is 9.32. The van der Waals surface area contributed by atoms with Crippen LogP contribution in [0.15, 0.2) is 48.7 Å². The first-order valence-corrected chi connectivity index (χ1v) is 15.4. The maximum atomic E-state index is 14.2. The van der Waals surface area contributed by atoms with Gasteiger partial charge in [-0.05, 0) is 73.9 Å². The quantitative estimate of drug-likeness (QED) is 0.288. The molecule has 48 heavy (non-hydrogen) atoms. The predicted molar refractivity (Wildman–Crippen MR) is 167 cm³/mol. The van der Waals surface area contributed by atoms with Gasteiger partial charge in [0.2, 0.25) is 11.8 Å². The number of aromatic nitrogens is 1. The summed E-state index contributed by atoms with van der Waals surface area (Å²) in [5.41, 5.74) is -3.54. The molecule has 0 N–H and O–H groups in total. The van der Waals surface area contributed by atoms with Crippen molar-refractivity contribution < 1.29 is 40.3 Å². The van der Waals surface area contributed by atoms with E-state index >= 15 is 0 Å². The Hall–Kier alpha value is -4.20. The minimum absolute atomic E-state index is 0.00119. The van der Waals surface area contributed by atoms with Crippen LogP contribution in [0.25, 0.3) is 11.1 Å². The third kappa shape index (κ3) is 6.99. The molecule has 2 aliphatic heterocycles. The molecule has 3 heterocycles. The fourth-order valence-electron chi connectivity index (χ4n) is 6.44. The molecule has 7 nitrogen and oxygen atoms in total. The zero-order chi connectivity index (χ0) is 35.3. The second kappa shape index (κ2) is 12.7. The predicted octanol–water partition coefficient (Wildman–Crippen LogP) is 6.53. The van der Waals surface area contributed by atoms with E-state index in [1.807, 2.05) is 0 Å². The molecule has 2 saturated heterocycles. The van der Waals surface area contributed by atoms with E-state index in [4.69, 9.17) is 0 Å². The van der Waals surface area contributed by atoms with Crippen LogP contribution in [0.3, 0.4) is 0 Å². The van der Waals surface area contributed by atoms with Crippen molar-refractivity contribution in [3.05, 3.63) is 76.7 Å². The molecule has 2 aromatic carbocycles. The van der Waals surface area contributed by atoms with Gasteiger partial charge in [0.05, 0.1) is 28.4 Å². The van der Waals surface area contributed by atoms with E-state index in [1.54, 1.807) is 24.0 Å². The monoisotopic (exact) mass is 679 g/mol. The maximum absolute atomic E-state index is 14.2. The molecule has 0 unspecified atom stereocenters. The van der Waals surface area contributed by atoms with E-state index in [-0.39, 0.29) is 23.7 Å². The number of nitrogens with zero attached hydrogens (tertiary/aromatic N) is 5. The fourth-order valence-corrected chi connectivity index (χ4v) is 6.44. The number of alkyl halides is 6. The fraction of sp³-hybridized carbons (Fsp3) is 0.441. The van der Waals surface area contributed by atoms with Gasteiger partial charge in [0.25, 0.3) is 0 Å². The average Bonchev–Trinajstić information content (AvgIpc) is 3.02. The first-order chi connectivity index (χ1) is 22.3. The lowest BCUT2D eigenvalue weighted by atomic mass is 9.81. The Balaban J connectivity index is 1.54. The number of carbonyl (C=O) groups excluding carboxylic acids is 2. The molecule has 2 fully saturated rings. The standard InChI is InChI=1S/C34H36F7N5O2/c1-20-12-25(35)6-7-27(20)28-16-30(46-11-9-44-8-10-45(21(2)47)18-26(44)19-46)42-17-29(28)43(5)31(48)32(3,4)22-13-23(33(36,37)38)15-24(14-22)34(39,40)41/h6-7,12-17,26H,8-11,18-19H2,1-5H3/t26-/m0/s1. The Morgan fingerprint density at radius 2 is 1.44 bits per heavy atom. The number of likely N-dealkylation sites (N-methyl/N-ethyl adjacent to an activating group) is 1. The zero-order valence-corrected chi connectivity index (χ0v) is 27.1. The Bertz CT molecular complexity index is 1690. The number of fused-ring (bicyclic) bond motifs is 1. The molecule has 258 valence electrons. The molecule has 14 heteroatoms. The number of hydrogen-bond donors (Lipinski definition) is 0. The molecule has 2 amide bonds. The Morgan fingerprint density at radius 1 is 0.833 bits per heavy atom. The lowest BCUT2D eigenvalue weighted by Gasteiger charge is -2.47. The van der Waals surface area contributed by atoms with E-state index in [9.17, 15) is 40.3 Å². The summed E-state index contributed by atoms with van der Waals surface area (Å²) >= 11 is 0. The number of anilines is 2. The number of amides is 2. The van der Waals surface area contributed by atoms with Crippen LogP contribution in [-0.4, -0.2) is 79.0 Å². The molecular weight excluding hydrogens is 643 g/mol. The van der Waals surface area contributed by atoms with Gasteiger partial charge in [-0.2, -0.15) is 26.3 Å². The van der Waals surface area contributed by atoms with Gasteiger partial charge in [-0.15, -0.1) is 0 Å². The van der Waals surface area contributed by atoms with Gasteiger partial charge >= 0.3 is 12.4 Å². The number of pyridine rings is 1. The summed E-state index contributed by atoms with van der Waals surface area (Å²) in [5, 5.41) is 0. The number of benzene rings is 2.